The van der Waals surface area contributed by atoms with Crippen LogP contribution in [-0.4, -0.2) is 0 Å². The van der Waals surface area contributed by atoms with E-state index in [1.807, 2.05) is 0 Å². The Labute approximate surface area is 97.4 Å². The van der Waals surface area contributed by atoms with Gasteiger partial charge in [-0.25, -0.2) is 0 Å². The summed E-state index contributed by atoms with van der Waals surface area (Å²) in [6.07, 6.45) is 14.1. The Hall–Kier alpha value is 0.194. The molecule has 2 rings (SSSR count). The molecule has 0 amide bonds. The number of hydrogen-bond acceptors (Lipinski definition) is 0. The predicted octanol–water partition coefficient (Wildman–Crippen LogP) is 3.84. The fourth-order valence-corrected chi connectivity index (χ4v) is 1.49. The third-order valence-electron chi connectivity index (χ3n) is 2.31. The first-order chi connectivity index (χ1) is 5.79. The topological polar surface area (TPSA) is 0 Å². The van der Waals surface area contributed by atoms with Crippen LogP contribution >= 0.6 is 0 Å². The maximum Gasteiger partial charge on any atom is 2.00 e. The second kappa shape index (κ2) is 7.58. The Balaban J connectivity index is 0.000000206. The molecule has 0 heterocycles. The minimum Gasteiger partial charge on any atom is -0.497 e. The molecular weight excluding hydrogens is 192 g/mol. The van der Waals surface area contributed by atoms with Gasteiger partial charge in [0.05, 0.1) is 0 Å². The van der Waals surface area contributed by atoms with Crippen molar-refractivity contribution in [3.63, 3.8) is 0 Å². The average Bonchev–Trinajstić information content (AvgIpc) is 2.63. The van der Waals surface area contributed by atoms with E-state index in [4.69, 9.17) is 0 Å². The molecular formula is C12H18Ti. The van der Waals surface area contributed by atoms with E-state index >= 15 is 0 Å². The van der Waals surface area contributed by atoms with Crippen molar-refractivity contribution in [2.24, 2.45) is 0 Å². The van der Waals surface area contributed by atoms with Gasteiger partial charge in [0.2, 0.25) is 0 Å². The smallest absolute Gasteiger partial charge is 0.497 e. The molecule has 0 N–H and O–H groups in total. The number of allylic oxidation sites excluding steroid dienone is 4. The molecule has 2 aliphatic carbocycles. The molecule has 2 aliphatic rings. The third-order valence-corrected chi connectivity index (χ3v) is 2.31. The van der Waals surface area contributed by atoms with Crippen LogP contribution in [0.1, 0.15) is 52.4 Å². The SMILES string of the molecule is CC1=[C-]CCC1.CC1=[C-]CCC1.[Ti+2]. The zero-order valence-electron chi connectivity index (χ0n) is 8.74. The maximum absolute atomic E-state index is 3.24. The normalized spacial score (nSPS) is 19.5. The maximum atomic E-state index is 3.24. The zero-order chi connectivity index (χ0) is 8.81. The summed E-state index contributed by atoms with van der Waals surface area (Å²) in [6.45, 7) is 4.29. The summed E-state index contributed by atoms with van der Waals surface area (Å²) in [5.74, 6) is 0. The van der Waals surface area contributed by atoms with Gasteiger partial charge in [-0.05, 0) is 0 Å². The Morgan fingerprint density at radius 3 is 1.31 bits per heavy atom. The molecule has 0 aromatic heterocycles. The van der Waals surface area contributed by atoms with Crippen LogP contribution in [0.3, 0.4) is 0 Å². The molecule has 0 bridgehead atoms. The summed E-state index contributed by atoms with van der Waals surface area (Å²) in [6, 6.07) is 0. The fourth-order valence-electron chi connectivity index (χ4n) is 1.49. The Morgan fingerprint density at radius 2 is 1.23 bits per heavy atom. The zero-order valence-corrected chi connectivity index (χ0v) is 10.3. The molecule has 0 saturated carbocycles. The monoisotopic (exact) mass is 210 g/mol. The second-order valence-electron chi connectivity index (χ2n) is 3.62. The largest absolute Gasteiger partial charge is 2.00 e. The number of rotatable bonds is 0. The van der Waals surface area contributed by atoms with Gasteiger partial charge in [-0.3, -0.25) is 11.1 Å². The van der Waals surface area contributed by atoms with Crippen molar-refractivity contribution in [3.8, 4) is 0 Å². The minimum atomic E-state index is 0. The van der Waals surface area contributed by atoms with Crippen molar-refractivity contribution in [1.29, 1.82) is 0 Å². The van der Waals surface area contributed by atoms with Gasteiger partial charge in [0.1, 0.15) is 0 Å². The summed E-state index contributed by atoms with van der Waals surface area (Å²) in [5.41, 5.74) is 2.91. The summed E-state index contributed by atoms with van der Waals surface area (Å²) in [7, 11) is 0. The van der Waals surface area contributed by atoms with Crippen LogP contribution in [0.4, 0.5) is 0 Å². The molecule has 0 fully saturated rings. The summed E-state index contributed by atoms with van der Waals surface area (Å²) < 4.78 is 0. The van der Waals surface area contributed by atoms with Gasteiger partial charge in [0.25, 0.3) is 0 Å². The minimum absolute atomic E-state index is 0. The molecule has 0 nitrogen and oxygen atoms in total. The van der Waals surface area contributed by atoms with Gasteiger partial charge >= 0.3 is 21.7 Å². The Kier molecular flexibility index (Phi) is 7.70. The Bertz CT molecular complexity index is 167. The molecule has 0 spiro atoms. The first-order valence-corrected chi connectivity index (χ1v) is 4.91. The second-order valence-corrected chi connectivity index (χ2v) is 3.62. The van der Waals surface area contributed by atoms with Crippen molar-refractivity contribution in [1.82, 2.24) is 0 Å². The fraction of sp³-hybridized carbons (Fsp3) is 0.667. The van der Waals surface area contributed by atoms with Gasteiger partial charge in [-0.1, -0.05) is 39.5 Å². The van der Waals surface area contributed by atoms with E-state index in [9.17, 15) is 0 Å². The molecule has 0 aliphatic heterocycles. The summed E-state index contributed by atoms with van der Waals surface area (Å²) >= 11 is 0. The van der Waals surface area contributed by atoms with Crippen LogP contribution in [-0.2, 0) is 21.7 Å². The molecule has 1 heteroatoms. The van der Waals surface area contributed by atoms with E-state index in [0.29, 0.717) is 0 Å². The molecule has 13 heavy (non-hydrogen) atoms. The summed E-state index contributed by atoms with van der Waals surface area (Å²) in [4.78, 5) is 0. The van der Waals surface area contributed by atoms with Gasteiger partial charge in [-0.15, -0.1) is 0 Å². The van der Waals surface area contributed by atoms with Crippen LogP contribution in [0.25, 0.3) is 0 Å². The van der Waals surface area contributed by atoms with Crippen molar-refractivity contribution >= 4 is 0 Å². The van der Waals surface area contributed by atoms with E-state index in [2.05, 4.69) is 26.0 Å². The molecule has 0 aromatic carbocycles. The molecule has 0 atom stereocenters. The molecule has 70 valence electrons. The molecule has 0 saturated heterocycles. The van der Waals surface area contributed by atoms with Gasteiger partial charge < -0.3 is 12.2 Å². The van der Waals surface area contributed by atoms with Crippen LogP contribution in [0.5, 0.6) is 0 Å². The third kappa shape index (κ3) is 6.29. The van der Waals surface area contributed by atoms with Crippen molar-refractivity contribution in [2.75, 3.05) is 0 Å². The van der Waals surface area contributed by atoms with E-state index in [1.165, 1.54) is 49.7 Å². The predicted molar refractivity (Wildman–Crippen MR) is 52.6 cm³/mol. The van der Waals surface area contributed by atoms with Crippen LogP contribution < -0.4 is 0 Å². The standard InChI is InChI=1S/2C6H9.Ti/c2*1-6-4-2-3-5-6;/h2*2-4H2,1H3;/q2*-1;+2. The van der Waals surface area contributed by atoms with Gasteiger partial charge in [0, 0.05) is 0 Å². The molecule has 0 unspecified atom stereocenters. The Morgan fingerprint density at radius 1 is 0.846 bits per heavy atom. The van der Waals surface area contributed by atoms with E-state index in [-0.39, 0.29) is 21.7 Å². The molecule has 0 aromatic rings. The number of hydrogen-bond donors (Lipinski definition) is 0. The van der Waals surface area contributed by atoms with Gasteiger partial charge in [-0.2, -0.15) is 12.8 Å². The van der Waals surface area contributed by atoms with Crippen LogP contribution in [0.15, 0.2) is 11.1 Å². The average molecular weight is 210 g/mol. The quantitative estimate of drug-likeness (QED) is 0.421. The molecule has 0 radical (unpaired) electrons. The van der Waals surface area contributed by atoms with Crippen molar-refractivity contribution in [3.05, 3.63) is 23.3 Å². The van der Waals surface area contributed by atoms with E-state index < -0.39 is 0 Å². The first-order valence-electron chi connectivity index (χ1n) is 4.91. The van der Waals surface area contributed by atoms with E-state index in [1.54, 1.807) is 0 Å². The van der Waals surface area contributed by atoms with Crippen molar-refractivity contribution in [2.45, 2.75) is 52.4 Å². The first kappa shape index (κ1) is 13.2. The summed E-state index contributed by atoms with van der Waals surface area (Å²) in [5, 5.41) is 0. The van der Waals surface area contributed by atoms with Crippen LogP contribution in [0, 0.1) is 12.2 Å². The van der Waals surface area contributed by atoms with E-state index in [0.717, 1.165) is 0 Å². The van der Waals surface area contributed by atoms with Gasteiger partial charge in [0.15, 0.2) is 0 Å². The van der Waals surface area contributed by atoms with Crippen molar-refractivity contribution < 1.29 is 21.7 Å². The van der Waals surface area contributed by atoms with Crippen LogP contribution in [0.2, 0.25) is 0 Å².